The van der Waals surface area contributed by atoms with Crippen LogP contribution in [0.15, 0.2) is 144 Å². The van der Waals surface area contributed by atoms with Crippen molar-refractivity contribution in [2.24, 2.45) is 40.4 Å². The third kappa shape index (κ3) is 5.40. The molecule has 2 aromatic carbocycles. The van der Waals surface area contributed by atoms with Gasteiger partial charge in [-0.15, -0.1) is 6.58 Å². The maximum atomic E-state index is 3.98. The second kappa shape index (κ2) is 11.8. The van der Waals surface area contributed by atoms with Gasteiger partial charge < -0.3 is 0 Å². The largest absolute Gasteiger partial charge is 0.103 e. The van der Waals surface area contributed by atoms with Crippen LogP contribution in [0.2, 0.25) is 0 Å². The highest BCUT2D eigenvalue weighted by Gasteiger charge is 2.59. The van der Waals surface area contributed by atoms with E-state index in [2.05, 4.69) is 163 Å². The number of allylic oxidation sites excluding steroid dienone is 13. The Kier molecular flexibility index (Phi) is 8.25. The molecule has 6 rings (SSSR count). The molecule has 0 radical (unpaired) electrons. The molecule has 1 fully saturated rings. The molecule has 4 atom stereocenters. The SMILES string of the molecule is C=CCCCC1=CC=C(C(c2ccccc2)(c2ccccc2)C2C3C=C(C(C)(C)C)C=CC3C3C=CC(C(C)(C)C)=CC32)C1. The summed E-state index contributed by atoms with van der Waals surface area (Å²) < 4.78 is 0. The molecule has 2 aromatic rings. The van der Waals surface area contributed by atoms with Gasteiger partial charge in [0.25, 0.3) is 0 Å². The average Bonchev–Trinajstić information content (AvgIpc) is 3.61. The Morgan fingerprint density at radius 2 is 1.18 bits per heavy atom. The Labute approximate surface area is 267 Å². The minimum atomic E-state index is -0.253. The van der Waals surface area contributed by atoms with Crippen molar-refractivity contribution in [3.05, 3.63) is 155 Å². The average molecular weight is 581 g/mol. The molecule has 4 aliphatic rings. The molecule has 0 nitrogen and oxygen atoms in total. The molecule has 44 heavy (non-hydrogen) atoms. The van der Waals surface area contributed by atoms with Gasteiger partial charge in [-0.25, -0.2) is 0 Å². The smallest absolute Gasteiger partial charge is 0.0457 e. The van der Waals surface area contributed by atoms with Crippen molar-refractivity contribution in [1.29, 1.82) is 0 Å². The van der Waals surface area contributed by atoms with E-state index in [1.54, 1.807) is 11.1 Å². The fourth-order valence-electron chi connectivity index (χ4n) is 8.76. The van der Waals surface area contributed by atoms with Crippen molar-refractivity contribution >= 4 is 0 Å². The van der Waals surface area contributed by atoms with Crippen molar-refractivity contribution in [3.8, 4) is 0 Å². The molecule has 4 unspecified atom stereocenters. The Bertz CT molecular complexity index is 1450. The summed E-state index contributed by atoms with van der Waals surface area (Å²) in [7, 11) is 0. The van der Waals surface area contributed by atoms with Crippen molar-refractivity contribution in [1.82, 2.24) is 0 Å². The Balaban J connectivity index is 1.61. The first-order valence-corrected chi connectivity index (χ1v) is 17.0. The highest BCUT2D eigenvalue weighted by Crippen LogP contribution is 2.64. The number of hydrogen-bond donors (Lipinski definition) is 0. The van der Waals surface area contributed by atoms with Gasteiger partial charge in [0.1, 0.15) is 0 Å². The van der Waals surface area contributed by atoms with Crippen molar-refractivity contribution in [2.75, 3.05) is 0 Å². The Hall–Kier alpha value is -3.38. The van der Waals surface area contributed by atoms with E-state index in [0.29, 0.717) is 29.6 Å². The summed E-state index contributed by atoms with van der Waals surface area (Å²) in [5.74, 6) is 2.20. The number of rotatable bonds is 8. The van der Waals surface area contributed by atoms with Gasteiger partial charge in [-0.1, -0.05) is 168 Å². The highest BCUT2D eigenvalue weighted by atomic mass is 14.6. The molecule has 0 aliphatic heterocycles. The zero-order valence-electron chi connectivity index (χ0n) is 27.9. The van der Waals surface area contributed by atoms with Crippen molar-refractivity contribution < 1.29 is 0 Å². The fraction of sp³-hybridized carbons (Fsp3) is 0.409. The molecular weight excluding hydrogens is 528 g/mol. The van der Waals surface area contributed by atoms with E-state index >= 15 is 0 Å². The van der Waals surface area contributed by atoms with E-state index in [-0.39, 0.29) is 16.2 Å². The third-order valence-electron chi connectivity index (χ3n) is 10.9. The van der Waals surface area contributed by atoms with E-state index in [4.69, 9.17) is 0 Å². The second-order valence-electron chi connectivity index (χ2n) is 15.7. The van der Waals surface area contributed by atoms with Gasteiger partial charge in [-0.05, 0) is 88.4 Å². The molecule has 0 bridgehead atoms. The van der Waals surface area contributed by atoms with Crippen LogP contribution in [-0.4, -0.2) is 0 Å². The first kappa shape index (κ1) is 30.6. The molecule has 0 heterocycles. The monoisotopic (exact) mass is 580 g/mol. The van der Waals surface area contributed by atoms with Crippen LogP contribution >= 0.6 is 0 Å². The Morgan fingerprint density at radius 3 is 1.64 bits per heavy atom. The molecule has 0 amide bonds. The van der Waals surface area contributed by atoms with Crippen LogP contribution in [0.3, 0.4) is 0 Å². The van der Waals surface area contributed by atoms with Gasteiger partial charge >= 0.3 is 0 Å². The minimum Gasteiger partial charge on any atom is -0.103 e. The van der Waals surface area contributed by atoms with Crippen molar-refractivity contribution in [2.45, 2.75) is 72.6 Å². The summed E-state index contributed by atoms with van der Waals surface area (Å²) in [6.07, 6.45) is 27.0. The lowest BCUT2D eigenvalue weighted by Crippen LogP contribution is -2.44. The van der Waals surface area contributed by atoms with E-state index in [9.17, 15) is 0 Å². The van der Waals surface area contributed by atoms with Crippen LogP contribution in [0.5, 0.6) is 0 Å². The molecule has 0 saturated heterocycles. The topological polar surface area (TPSA) is 0 Å². The van der Waals surface area contributed by atoms with Gasteiger partial charge in [-0.3, -0.25) is 0 Å². The second-order valence-corrected chi connectivity index (χ2v) is 15.7. The van der Waals surface area contributed by atoms with Gasteiger partial charge in [0.2, 0.25) is 0 Å². The van der Waals surface area contributed by atoms with Crippen LogP contribution < -0.4 is 0 Å². The summed E-state index contributed by atoms with van der Waals surface area (Å²) >= 11 is 0. The number of unbranched alkanes of at least 4 members (excludes halogenated alkanes) is 1. The zero-order valence-corrected chi connectivity index (χ0v) is 27.9. The summed E-state index contributed by atoms with van der Waals surface area (Å²) in [5, 5.41) is 0. The van der Waals surface area contributed by atoms with Crippen LogP contribution in [0.25, 0.3) is 0 Å². The van der Waals surface area contributed by atoms with Crippen LogP contribution in [0.1, 0.15) is 78.4 Å². The van der Waals surface area contributed by atoms with Crippen molar-refractivity contribution in [3.63, 3.8) is 0 Å². The lowest BCUT2D eigenvalue weighted by molar-refractivity contribution is 0.258. The van der Waals surface area contributed by atoms with Gasteiger partial charge in [0.05, 0.1) is 0 Å². The van der Waals surface area contributed by atoms with Crippen LogP contribution in [-0.2, 0) is 5.41 Å². The maximum absolute atomic E-state index is 3.98. The van der Waals surface area contributed by atoms with Gasteiger partial charge in [-0.2, -0.15) is 0 Å². The minimum absolute atomic E-state index is 0.108. The Morgan fingerprint density at radius 1 is 0.682 bits per heavy atom. The maximum Gasteiger partial charge on any atom is 0.0457 e. The quantitative estimate of drug-likeness (QED) is 0.215. The lowest BCUT2D eigenvalue weighted by Gasteiger charge is -2.48. The predicted molar refractivity (Wildman–Crippen MR) is 189 cm³/mol. The molecule has 228 valence electrons. The van der Waals surface area contributed by atoms with E-state index in [0.717, 1.165) is 19.3 Å². The number of benzene rings is 2. The van der Waals surface area contributed by atoms with Crippen LogP contribution in [0.4, 0.5) is 0 Å². The third-order valence-corrected chi connectivity index (χ3v) is 10.9. The van der Waals surface area contributed by atoms with E-state index in [1.165, 1.54) is 28.7 Å². The molecular formula is C44H52. The molecule has 0 aromatic heterocycles. The molecule has 0 heteroatoms. The summed E-state index contributed by atoms with van der Waals surface area (Å²) in [4.78, 5) is 0. The van der Waals surface area contributed by atoms with E-state index < -0.39 is 0 Å². The van der Waals surface area contributed by atoms with Gasteiger partial charge in [0, 0.05) is 5.41 Å². The zero-order chi connectivity index (χ0) is 31.1. The summed E-state index contributed by atoms with van der Waals surface area (Å²) in [5.41, 5.74) is 8.91. The molecule has 1 saturated carbocycles. The fourth-order valence-corrected chi connectivity index (χ4v) is 8.76. The van der Waals surface area contributed by atoms with Gasteiger partial charge in [0.15, 0.2) is 0 Å². The number of fused-ring (bicyclic) bond motifs is 3. The molecule has 0 spiro atoms. The lowest BCUT2D eigenvalue weighted by atomic mass is 9.54. The van der Waals surface area contributed by atoms with E-state index in [1.807, 2.05) is 0 Å². The number of hydrogen-bond acceptors (Lipinski definition) is 0. The summed E-state index contributed by atoms with van der Waals surface area (Å²) in [6.45, 7) is 18.2. The first-order chi connectivity index (χ1) is 21.0. The molecule has 0 N–H and O–H groups in total. The standard InChI is InChI=1S/C44H52/c1-8-9-12-17-31-22-23-36(28-31)44(32-18-13-10-14-19-32,33-20-15-11-16-21-33)41-39-29-34(42(2,3)4)24-26-37(39)38-27-25-35(30-40(38)41)43(5,6)7/h8,10-11,13-16,18-27,29-30,37-41H,1,9,12,17,28H2,2-7H3. The molecule has 4 aliphatic carbocycles. The predicted octanol–water partition coefficient (Wildman–Crippen LogP) is 11.8. The summed E-state index contributed by atoms with van der Waals surface area (Å²) in [6, 6.07) is 23.1. The van der Waals surface area contributed by atoms with Crippen LogP contribution in [0, 0.1) is 40.4 Å². The first-order valence-electron chi connectivity index (χ1n) is 17.0. The highest BCUT2D eigenvalue weighted by molar-refractivity contribution is 5.56. The normalized spacial score (nSPS) is 26.4.